The summed E-state index contributed by atoms with van der Waals surface area (Å²) in [5.74, 6) is 0. The number of pyridine rings is 1. The summed E-state index contributed by atoms with van der Waals surface area (Å²) in [6.07, 6.45) is 21.0. The van der Waals surface area contributed by atoms with E-state index in [4.69, 9.17) is 0 Å². The number of unbranched alkanes of at least 4 members (excludes halogenated alkanes) is 10. The molecule has 1 heterocycles. The van der Waals surface area contributed by atoms with Gasteiger partial charge in [0.2, 0.25) is 0 Å². The van der Waals surface area contributed by atoms with E-state index in [0.29, 0.717) is 0 Å². The third-order valence-electron chi connectivity index (χ3n) is 4.52. The molecule has 0 unspecified atom stereocenters. The zero-order chi connectivity index (χ0) is 16.6. The Morgan fingerprint density at radius 1 is 0.708 bits per heavy atom. The second-order valence-electron chi connectivity index (χ2n) is 6.79. The number of nitrogens with one attached hydrogen (secondary N) is 1. The molecular weight excluding hydrogens is 360 g/mol. The summed E-state index contributed by atoms with van der Waals surface area (Å²) in [6, 6.07) is 4.40. The number of rotatable bonds is 15. The molecule has 0 fully saturated rings. The molecule has 3 heteroatoms. The largest absolute Gasteiger partial charge is 1.00 e. The maximum atomic E-state index is 3.47. The fourth-order valence-electron chi connectivity index (χ4n) is 2.92. The molecule has 0 bridgehead atoms. The van der Waals surface area contributed by atoms with E-state index < -0.39 is 0 Å². The molecule has 0 saturated heterocycles. The highest BCUT2D eigenvalue weighted by Crippen LogP contribution is 2.10. The van der Waals surface area contributed by atoms with E-state index in [1.807, 2.05) is 0 Å². The number of hydrogen-bond acceptors (Lipinski definition) is 1. The molecule has 0 radical (unpaired) electrons. The molecule has 0 aliphatic carbocycles. The van der Waals surface area contributed by atoms with Crippen LogP contribution in [0.15, 0.2) is 24.5 Å². The maximum absolute atomic E-state index is 3.47. The van der Waals surface area contributed by atoms with Crippen LogP contribution in [-0.2, 0) is 6.54 Å². The maximum Gasteiger partial charge on any atom is 0.170 e. The van der Waals surface area contributed by atoms with Gasteiger partial charge in [0, 0.05) is 30.8 Å². The van der Waals surface area contributed by atoms with E-state index in [0.717, 1.165) is 13.1 Å². The molecule has 0 aliphatic rings. The minimum atomic E-state index is 0. The Hall–Kier alpha value is -0.570. The quantitative estimate of drug-likeness (QED) is 0.354. The van der Waals surface area contributed by atoms with E-state index in [-0.39, 0.29) is 17.0 Å². The Kier molecular flexibility index (Phi) is 16.8. The van der Waals surface area contributed by atoms with Crippen molar-refractivity contribution in [1.82, 2.24) is 0 Å². The van der Waals surface area contributed by atoms with Crippen molar-refractivity contribution in [3.63, 3.8) is 0 Å². The van der Waals surface area contributed by atoms with Gasteiger partial charge in [0.05, 0.1) is 0 Å². The van der Waals surface area contributed by atoms with E-state index in [1.165, 1.54) is 82.7 Å². The lowest BCUT2D eigenvalue weighted by molar-refractivity contribution is -0.697. The Balaban J connectivity index is 0.00000529. The highest BCUT2D eigenvalue weighted by molar-refractivity contribution is 5.39. The Labute approximate surface area is 161 Å². The van der Waals surface area contributed by atoms with Crippen LogP contribution >= 0.6 is 0 Å². The molecule has 0 aliphatic heterocycles. The topological polar surface area (TPSA) is 15.9 Å². The smallest absolute Gasteiger partial charge is 0.170 e. The molecule has 2 nitrogen and oxygen atoms in total. The standard InChI is InChI=1S/C21H38N2.BrH/c1-3-5-7-8-9-10-11-12-13-14-18-23-19-15-21(16-20-23)22-17-6-4-2;/h15-16,19-20H,3-14,17-18H2,1-2H3;1H. The van der Waals surface area contributed by atoms with E-state index >= 15 is 0 Å². The van der Waals surface area contributed by atoms with Crippen LogP contribution in [0.2, 0.25) is 0 Å². The Morgan fingerprint density at radius 2 is 1.21 bits per heavy atom. The number of anilines is 1. The van der Waals surface area contributed by atoms with Gasteiger partial charge in [-0.15, -0.1) is 0 Å². The molecule has 0 atom stereocenters. The highest BCUT2D eigenvalue weighted by Gasteiger charge is 2.01. The predicted octanol–water partition coefficient (Wildman–Crippen LogP) is 3.11. The first-order valence-corrected chi connectivity index (χ1v) is 10.1. The van der Waals surface area contributed by atoms with Crippen molar-refractivity contribution in [2.75, 3.05) is 11.9 Å². The van der Waals surface area contributed by atoms with Gasteiger partial charge >= 0.3 is 0 Å². The third kappa shape index (κ3) is 12.8. The van der Waals surface area contributed by atoms with E-state index in [9.17, 15) is 0 Å². The van der Waals surface area contributed by atoms with Crippen LogP contribution in [0.3, 0.4) is 0 Å². The molecule has 1 aromatic rings. The minimum absolute atomic E-state index is 0. The number of hydrogen-bond donors (Lipinski definition) is 1. The van der Waals surface area contributed by atoms with Crippen LogP contribution in [0.25, 0.3) is 0 Å². The Bertz CT molecular complexity index is 365. The average Bonchev–Trinajstić information content (AvgIpc) is 2.58. The minimum Gasteiger partial charge on any atom is -1.00 e. The van der Waals surface area contributed by atoms with Crippen molar-refractivity contribution in [3.8, 4) is 0 Å². The van der Waals surface area contributed by atoms with Crippen molar-refractivity contribution < 1.29 is 21.5 Å². The van der Waals surface area contributed by atoms with Gasteiger partial charge in [0.1, 0.15) is 6.54 Å². The molecule has 24 heavy (non-hydrogen) atoms. The SMILES string of the molecule is CCCCCCCCCCCC[n+]1ccc(NCCCC)cc1.[Br-]. The van der Waals surface area contributed by atoms with Gasteiger partial charge in [-0.2, -0.15) is 0 Å². The Morgan fingerprint density at radius 3 is 1.75 bits per heavy atom. The molecular formula is C21H39BrN2. The van der Waals surface area contributed by atoms with Crippen LogP contribution in [-0.4, -0.2) is 6.54 Å². The summed E-state index contributed by atoms with van der Waals surface area (Å²) >= 11 is 0. The second kappa shape index (κ2) is 17.3. The van der Waals surface area contributed by atoms with E-state index in [1.54, 1.807) is 0 Å². The van der Waals surface area contributed by atoms with Crippen LogP contribution in [0.1, 0.15) is 90.9 Å². The second-order valence-corrected chi connectivity index (χ2v) is 6.79. The summed E-state index contributed by atoms with van der Waals surface area (Å²) in [5.41, 5.74) is 1.25. The van der Waals surface area contributed by atoms with Gasteiger partial charge in [-0.25, -0.2) is 4.57 Å². The van der Waals surface area contributed by atoms with Crippen molar-refractivity contribution in [1.29, 1.82) is 0 Å². The highest BCUT2D eigenvalue weighted by atomic mass is 79.9. The van der Waals surface area contributed by atoms with Crippen LogP contribution in [0, 0.1) is 0 Å². The van der Waals surface area contributed by atoms with Crippen molar-refractivity contribution >= 4 is 5.69 Å². The summed E-state index contributed by atoms with van der Waals surface area (Å²) in [6.45, 7) is 6.76. The van der Waals surface area contributed by atoms with Gasteiger partial charge in [-0.1, -0.05) is 71.6 Å². The van der Waals surface area contributed by atoms with Crippen molar-refractivity contribution in [2.45, 2.75) is 97.4 Å². The zero-order valence-corrected chi connectivity index (χ0v) is 17.6. The lowest BCUT2D eigenvalue weighted by Gasteiger charge is -2.04. The molecule has 1 aromatic heterocycles. The molecule has 0 aromatic carbocycles. The van der Waals surface area contributed by atoms with Gasteiger partial charge in [-0.3, -0.25) is 0 Å². The number of nitrogens with zero attached hydrogens (tertiary/aromatic N) is 1. The summed E-state index contributed by atoms with van der Waals surface area (Å²) in [5, 5.41) is 3.47. The third-order valence-corrected chi connectivity index (χ3v) is 4.52. The lowest BCUT2D eigenvalue weighted by Crippen LogP contribution is -3.00. The summed E-state index contributed by atoms with van der Waals surface area (Å²) in [7, 11) is 0. The van der Waals surface area contributed by atoms with Gasteiger partial charge < -0.3 is 22.3 Å². The first-order valence-electron chi connectivity index (χ1n) is 10.1. The number of halogens is 1. The van der Waals surface area contributed by atoms with Gasteiger partial charge in [-0.05, 0) is 12.8 Å². The first kappa shape index (κ1) is 23.4. The van der Waals surface area contributed by atoms with Gasteiger partial charge in [0.15, 0.2) is 12.4 Å². The summed E-state index contributed by atoms with van der Waals surface area (Å²) in [4.78, 5) is 0. The summed E-state index contributed by atoms with van der Waals surface area (Å²) < 4.78 is 2.32. The normalized spacial score (nSPS) is 10.4. The van der Waals surface area contributed by atoms with Crippen LogP contribution in [0.5, 0.6) is 0 Å². The molecule has 0 saturated carbocycles. The van der Waals surface area contributed by atoms with E-state index in [2.05, 4.69) is 48.3 Å². The zero-order valence-electron chi connectivity index (χ0n) is 16.0. The lowest BCUT2D eigenvalue weighted by atomic mass is 10.1. The fraction of sp³-hybridized carbons (Fsp3) is 0.762. The fourth-order valence-corrected chi connectivity index (χ4v) is 2.92. The van der Waals surface area contributed by atoms with Crippen LogP contribution in [0.4, 0.5) is 5.69 Å². The molecule has 1 N–H and O–H groups in total. The van der Waals surface area contributed by atoms with Crippen LogP contribution < -0.4 is 26.9 Å². The predicted molar refractivity (Wildman–Crippen MR) is 102 cm³/mol. The monoisotopic (exact) mass is 398 g/mol. The van der Waals surface area contributed by atoms with Gasteiger partial charge in [0.25, 0.3) is 0 Å². The number of aryl methyl sites for hydroxylation is 1. The molecule has 140 valence electrons. The molecule has 1 rings (SSSR count). The van der Waals surface area contributed by atoms with Crippen molar-refractivity contribution in [2.24, 2.45) is 0 Å². The molecule has 0 amide bonds. The first-order chi connectivity index (χ1) is 11.4. The molecule has 0 spiro atoms. The number of aromatic nitrogens is 1. The van der Waals surface area contributed by atoms with Crippen molar-refractivity contribution in [3.05, 3.63) is 24.5 Å². The average molecular weight is 399 g/mol.